The normalized spacial score (nSPS) is 16.3. The highest BCUT2D eigenvalue weighted by molar-refractivity contribution is 5.80. The maximum absolute atomic E-state index is 10.7. The van der Waals surface area contributed by atoms with Crippen molar-refractivity contribution in [2.24, 2.45) is 11.7 Å². The van der Waals surface area contributed by atoms with Crippen molar-refractivity contribution in [2.45, 2.75) is 26.3 Å². The Bertz CT molecular complexity index is 114. The van der Waals surface area contributed by atoms with E-state index in [0.717, 1.165) is 6.42 Å². The molecule has 60 valence electrons. The van der Waals surface area contributed by atoms with Crippen molar-refractivity contribution in [3.8, 4) is 0 Å². The molecule has 0 spiro atoms. The number of primary amides is 1. The molecular formula is C7H16N2O. The van der Waals surface area contributed by atoms with Gasteiger partial charge < -0.3 is 11.1 Å². The number of nitrogens with one attached hydrogen (secondary N) is 1. The highest BCUT2D eigenvalue weighted by Crippen LogP contribution is 2.05. The molecule has 0 aromatic heterocycles. The van der Waals surface area contributed by atoms with Crippen molar-refractivity contribution in [3.63, 3.8) is 0 Å². The lowest BCUT2D eigenvalue weighted by Gasteiger charge is -2.18. The Hall–Kier alpha value is -0.570. The van der Waals surface area contributed by atoms with Crippen LogP contribution in [0.1, 0.15) is 20.3 Å². The summed E-state index contributed by atoms with van der Waals surface area (Å²) in [7, 11) is 1.75. The topological polar surface area (TPSA) is 55.1 Å². The van der Waals surface area contributed by atoms with E-state index in [1.807, 2.05) is 13.8 Å². The number of carbonyl (C=O) groups excluding carboxylic acids is 1. The van der Waals surface area contributed by atoms with Crippen LogP contribution in [0.4, 0.5) is 0 Å². The van der Waals surface area contributed by atoms with E-state index in [9.17, 15) is 4.79 Å². The number of carbonyl (C=O) groups is 1. The van der Waals surface area contributed by atoms with Crippen LogP contribution in [0.25, 0.3) is 0 Å². The summed E-state index contributed by atoms with van der Waals surface area (Å²) in [4.78, 5) is 10.7. The second-order valence-electron chi connectivity index (χ2n) is 2.55. The van der Waals surface area contributed by atoms with E-state index in [1.54, 1.807) is 7.05 Å². The minimum atomic E-state index is -0.267. The Labute approximate surface area is 62.0 Å². The van der Waals surface area contributed by atoms with E-state index in [-0.39, 0.29) is 11.9 Å². The highest BCUT2D eigenvalue weighted by atomic mass is 16.1. The Morgan fingerprint density at radius 2 is 2.20 bits per heavy atom. The number of likely N-dealkylation sites (N-methyl/N-ethyl adjacent to an activating group) is 1. The fourth-order valence-electron chi connectivity index (χ4n) is 0.943. The molecule has 1 amide bonds. The summed E-state index contributed by atoms with van der Waals surface area (Å²) >= 11 is 0. The molecule has 0 heterocycles. The molecule has 10 heavy (non-hydrogen) atoms. The molecule has 0 bridgehead atoms. The molecule has 0 aromatic carbocycles. The standard InChI is InChI=1S/C7H16N2O/c1-4-5(2)6(9-3)7(8)10/h5-6,9H,4H2,1-3H3,(H2,8,10)/t5-,6-/m1/s1. The van der Waals surface area contributed by atoms with Crippen LogP contribution in [0.15, 0.2) is 0 Å². The van der Waals surface area contributed by atoms with Crippen molar-refractivity contribution in [3.05, 3.63) is 0 Å². The molecule has 0 aliphatic carbocycles. The second-order valence-corrected chi connectivity index (χ2v) is 2.55. The van der Waals surface area contributed by atoms with E-state index in [0.29, 0.717) is 5.92 Å². The van der Waals surface area contributed by atoms with Crippen LogP contribution in [-0.4, -0.2) is 19.0 Å². The Kier molecular flexibility index (Phi) is 4.03. The molecule has 0 aliphatic heterocycles. The van der Waals surface area contributed by atoms with Gasteiger partial charge in [0.05, 0.1) is 6.04 Å². The summed E-state index contributed by atoms with van der Waals surface area (Å²) < 4.78 is 0. The van der Waals surface area contributed by atoms with Gasteiger partial charge in [-0.25, -0.2) is 0 Å². The van der Waals surface area contributed by atoms with Crippen molar-refractivity contribution < 1.29 is 4.79 Å². The van der Waals surface area contributed by atoms with Crippen molar-refractivity contribution in [1.29, 1.82) is 0 Å². The fraction of sp³-hybridized carbons (Fsp3) is 0.857. The summed E-state index contributed by atoms with van der Waals surface area (Å²) in [6.45, 7) is 4.05. The molecule has 0 unspecified atom stereocenters. The van der Waals surface area contributed by atoms with Crippen LogP contribution in [0.3, 0.4) is 0 Å². The van der Waals surface area contributed by atoms with E-state index < -0.39 is 0 Å². The maximum Gasteiger partial charge on any atom is 0.234 e. The van der Waals surface area contributed by atoms with Crippen LogP contribution in [0, 0.1) is 5.92 Å². The predicted octanol–water partition coefficient (Wildman–Crippen LogP) is 0.106. The number of hydrogen-bond donors (Lipinski definition) is 2. The average Bonchev–Trinajstić information content (AvgIpc) is 1.88. The first-order chi connectivity index (χ1) is 4.63. The molecule has 0 saturated carbocycles. The first-order valence-electron chi connectivity index (χ1n) is 3.60. The lowest BCUT2D eigenvalue weighted by Crippen LogP contribution is -2.43. The average molecular weight is 144 g/mol. The van der Waals surface area contributed by atoms with Gasteiger partial charge in [0, 0.05) is 0 Å². The zero-order valence-electron chi connectivity index (χ0n) is 6.85. The van der Waals surface area contributed by atoms with E-state index in [4.69, 9.17) is 5.73 Å². The highest BCUT2D eigenvalue weighted by Gasteiger charge is 2.18. The summed E-state index contributed by atoms with van der Waals surface area (Å²) in [6.07, 6.45) is 0.967. The van der Waals surface area contributed by atoms with Gasteiger partial charge in [-0.05, 0) is 13.0 Å². The van der Waals surface area contributed by atoms with Gasteiger partial charge in [0.25, 0.3) is 0 Å². The summed E-state index contributed by atoms with van der Waals surface area (Å²) in [5.41, 5.74) is 5.12. The lowest BCUT2D eigenvalue weighted by molar-refractivity contribution is -0.121. The van der Waals surface area contributed by atoms with E-state index >= 15 is 0 Å². The Balaban J connectivity index is 3.92. The predicted molar refractivity (Wildman–Crippen MR) is 41.5 cm³/mol. The van der Waals surface area contributed by atoms with Crippen LogP contribution >= 0.6 is 0 Å². The van der Waals surface area contributed by atoms with Crippen LogP contribution < -0.4 is 11.1 Å². The molecule has 0 saturated heterocycles. The minimum absolute atomic E-state index is 0.176. The van der Waals surface area contributed by atoms with Gasteiger partial charge in [0.15, 0.2) is 0 Å². The first kappa shape index (κ1) is 9.43. The molecule has 0 rings (SSSR count). The van der Waals surface area contributed by atoms with E-state index in [1.165, 1.54) is 0 Å². The van der Waals surface area contributed by atoms with Gasteiger partial charge in [-0.2, -0.15) is 0 Å². The van der Waals surface area contributed by atoms with Gasteiger partial charge in [-0.1, -0.05) is 20.3 Å². The molecule has 0 aliphatic rings. The quantitative estimate of drug-likeness (QED) is 0.588. The third-order valence-electron chi connectivity index (χ3n) is 1.83. The maximum atomic E-state index is 10.7. The number of nitrogens with two attached hydrogens (primary N) is 1. The molecule has 3 N–H and O–H groups in total. The zero-order chi connectivity index (χ0) is 8.15. The first-order valence-corrected chi connectivity index (χ1v) is 3.60. The van der Waals surface area contributed by atoms with Crippen LogP contribution in [0.5, 0.6) is 0 Å². The smallest absolute Gasteiger partial charge is 0.234 e. The van der Waals surface area contributed by atoms with Gasteiger partial charge in [0.2, 0.25) is 5.91 Å². The van der Waals surface area contributed by atoms with E-state index in [2.05, 4.69) is 5.32 Å². The summed E-state index contributed by atoms with van der Waals surface area (Å²) in [5.74, 6) is 0.0550. The third kappa shape index (κ3) is 2.35. The van der Waals surface area contributed by atoms with Crippen molar-refractivity contribution >= 4 is 5.91 Å². The van der Waals surface area contributed by atoms with Crippen molar-refractivity contribution in [1.82, 2.24) is 5.32 Å². The second kappa shape index (κ2) is 4.28. The largest absolute Gasteiger partial charge is 0.368 e. The van der Waals surface area contributed by atoms with Gasteiger partial charge in [-0.15, -0.1) is 0 Å². The number of rotatable bonds is 4. The third-order valence-corrected chi connectivity index (χ3v) is 1.83. The SMILES string of the molecule is CC[C@@H](C)[C@@H](NC)C(N)=O. The molecule has 0 aromatic rings. The molecule has 3 heteroatoms. The Morgan fingerprint density at radius 3 is 2.30 bits per heavy atom. The Morgan fingerprint density at radius 1 is 1.70 bits per heavy atom. The van der Waals surface area contributed by atoms with Crippen molar-refractivity contribution in [2.75, 3.05) is 7.05 Å². The monoisotopic (exact) mass is 144 g/mol. The number of amides is 1. The van der Waals surface area contributed by atoms with Gasteiger partial charge >= 0.3 is 0 Å². The summed E-state index contributed by atoms with van der Waals surface area (Å²) in [6, 6.07) is -0.176. The zero-order valence-corrected chi connectivity index (χ0v) is 6.85. The molecule has 3 nitrogen and oxygen atoms in total. The molecule has 0 radical (unpaired) electrons. The van der Waals surface area contributed by atoms with Crippen LogP contribution in [-0.2, 0) is 4.79 Å². The van der Waals surface area contributed by atoms with Crippen LogP contribution in [0.2, 0.25) is 0 Å². The minimum Gasteiger partial charge on any atom is -0.368 e. The van der Waals surface area contributed by atoms with Gasteiger partial charge in [0.1, 0.15) is 0 Å². The number of hydrogen-bond acceptors (Lipinski definition) is 2. The molecule has 0 fully saturated rings. The summed E-state index contributed by atoms with van der Waals surface area (Å²) in [5, 5.41) is 2.88. The lowest BCUT2D eigenvalue weighted by atomic mass is 9.99. The molecule has 2 atom stereocenters. The van der Waals surface area contributed by atoms with Gasteiger partial charge in [-0.3, -0.25) is 4.79 Å². The molecular weight excluding hydrogens is 128 g/mol. The fourth-order valence-corrected chi connectivity index (χ4v) is 0.943.